The van der Waals surface area contributed by atoms with E-state index < -0.39 is 60.2 Å². The van der Waals surface area contributed by atoms with Crippen molar-refractivity contribution in [1.82, 2.24) is 16.0 Å². The molecule has 0 saturated heterocycles. The minimum Gasteiger partial charge on any atom is -0.481 e. The number of thioether (sulfide) groups is 1. The Morgan fingerprint density at radius 3 is 1.97 bits per heavy atom. The number of hydrogen-bond acceptors (Lipinski definition) is 8. The molecule has 35 heavy (non-hydrogen) atoms. The van der Waals surface area contributed by atoms with E-state index in [9.17, 15) is 29.1 Å². The third kappa shape index (κ3) is 11.5. The largest absolute Gasteiger partial charge is 0.481 e. The summed E-state index contributed by atoms with van der Waals surface area (Å²) in [6, 6.07) is 4.17. The summed E-state index contributed by atoms with van der Waals surface area (Å²) in [5.41, 5.74) is 6.33. The first-order valence-corrected chi connectivity index (χ1v) is 12.9. The molecule has 0 radical (unpaired) electrons. The van der Waals surface area contributed by atoms with E-state index in [1.807, 2.05) is 0 Å². The molecule has 4 atom stereocenters. The summed E-state index contributed by atoms with van der Waals surface area (Å²) in [6.45, 7) is 0. The van der Waals surface area contributed by atoms with Crippen molar-refractivity contribution in [2.24, 2.45) is 5.73 Å². The Bertz CT molecular complexity index is 873. The van der Waals surface area contributed by atoms with Gasteiger partial charge in [0.05, 0.1) is 6.04 Å². The molecular weight excluding hydrogens is 496 g/mol. The first-order chi connectivity index (χ1) is 16.6. The average Bonchev–Trinajstić information content (AvgIpc) is 2.83. The van der Waals surface area contributed by atoms with Gasteiger partial charge in [-0.15, -0.1) is 0 Å². The fourth-order valence-corrected chi connectivity index (χ4v) is 3.63. The fraction of sp³-hybridized carbons (Fsp3) is 0.500. The molecule has 0 aromatic heterocycles. The molecule has 11 nitrogen and oxygen atoms in total. The molecular formula is C22H32N4O7S2. The van der Waals surface area contributed by atoms with Crippen molar-refractivity contribution in [3.63, 3.8) is 0 Å². The van der Waals surface area contributed by atoms with Crippen LogP contribution in [-0.2, 0) is 30.4 Å². The first kappa shape index (κ1) is 30.3. The molecule has 4 unspecified atom stereocenters. The van der Waals surface area contributed by atoms with Gasteiger partial charge in [0.1, 0.15) is 18.1 Å². The lowest BCUT2D eigenvalue weighted by atomic mass is 10.0. The molecule has 0 aliphatic rings. The van der Waals surface area contributed by atoms with Gasteiger partial charge in [-0.2, -0.15) is 24.4 Å². The number of nitrogens with two attached hydrogens (primary N) is 1. The summed E-state index contributed by atoms with van der Waals surface area (Å²) in [4.78, 5) is 60.8. The van der Waals surface area contributed by atoms with Gasteiger partial charge in [0.15, 0.2) is 0 Å². The van der Waals surface area contributed by atoms with Crippen LogP contribution < -0.4 is 21.7 Å². The number of hydrogen-bond donors (Lipinski definition) is 7. The molecule has 1 rings (SSSR count). The molecule has 0 spiro atoms. The van der Waals surface area contributed by atoms with E-state index in [0.717, 1.165) is 0 Å². The first-order valence-electron chi connectivity index (χ1n) is 10.8. The lowest BCUT2D eigenvalue weighted by molar-refractivity contribution is -0.142. The number of benzene rings is 1. The van der Waals surface area contributed by atoms with Gasteiger partial charge in [0, 0.05) is 18.6 Å². The normalized spacial score (nSPS) is 14.1. The number of carbonyl (C=O) groups is 5. The summed E-state index contributed by atoms with van der Waals surface area (Å²) in [5, 5.41) is 25.9. The zero-order valence-electron chi connectivity index (χ0n) is 19.3. The highest BCUT2D eigenvalue weighted by Gasteiger charge is 2.30. The number of thiol groups is 1. The number of carboxylic acids is 2. The minimum absolute atomic E-state index is 0.00977. The molecule has 1 aromatic carbocycles. The SMILES string of the molecule is CSCCC(NC(=O)C(CCC(=O)O)NC(=O)C(N)CS)C(=O)NC(Cc1ccccc1)C(=O)O. The van der Waals surface area contributed by atoms with Crippen LogP contribution in [0.3, 0.4) is 0 Å². The average molecular weight is 529 g/mol. The lowest BCUT2D eigenvalue weighted by Gasteiger charge is -2.25. The predicted octanol–water partition coefficient (Wildman–Crippen LogP) is -0.357. The summed E-state index contributed by atoms with van der Waals surface area (Å²) in [6.07, 6.45) is 1.40. The van der Waals surface area contributed by atoms with Crippen LogP contribution in [-0.4, -0.2) is 81.8 Å². The van der Waals surface area contributed by atoms with E-state index in [0.29, 0.717) is 11.3 Å². The topological polar surface area (TPSA) is 188 Å². The van der Waals surface area contributed by atoms with E-state index in [2.05, 4.69) is 28.6 Å². The third-order valence-electron chi connectivity index (χ3n) is 4.95. The molecule has 0 heterocycles. The molecule has 3 amide bonds. The third-order valence-corrected chi connectivity index (χ3v) is 5.99. The van der Waals surface area contributed by atoms with Crippen molar-refractivity contribution in [1.29, 1.82) is 0 Å². The van der Waals surface area contributed by atoms with Crippen molar-refractivity contribution >= 4 is 54.1 Å². The van der Waals surface area contributed by atoms with Crippen molar-refractivity contribution in [3.05, 3.63) is 35.9 Å². The van der Waals surface area contributed by atoms with Crippen LogP contribution in [0.4, 0.5) is 0 Å². The molecule has 0 bridgehead atoms. The van der Waals surface area contributed by atoms with E-state index in [-0.39, 0.29) is 25.0 Å². The quantitative estimate of drug-likeness (QED) is 0.141. The van der Waals surface area contributed by atoms with Crippen LogP contribution in [0.2, 0.25) is 0 Å². The Balaban J connectivity index is 2.98. The molecule has 0 aliphatic heterocycles. The zero-order chi connectivity index (χ0) is 26.4. The zero-order valence-corrected chi connectivity index (χ0v) is 21.0. The van der Waals surface area contributed by atoms with Crippen LogP contribution >= 0.6 is 24.4 Å². The van der Waals surface area contributed by atoms with E-state index in [4.69, 9.17) is 10.8 Å². The minimum atomic E-state index is -1.26. The maximum atomic E-state index is 12.9. The second-order valence-electron chi connectivity index (χ2n) is 7.71. The van der Waals surface area contributed by atoms with Crippen LogP contribution in [0.5, 0.6) is 0 Å². The molecule has 0 aliphatic carbocycles. The highest BCUT2D eigenvalue weighted by atomic mass is 32.2. The molecule has 0 saturated carbocycles. The van der Waals surface area contributed by atoms with Gasteiger partial charge in [-0.3, -0.25) is 19.2 Å². The summed E-state index contributed by atoms with van der Waals surface area (Å²) in [7, 11) is 0. The van der Waals surface area contributed by atoms with Crippen LogP contribution in [0.1, 0.15) is 24.8 Å². The highest BCUT2D eigenvalue weighted by molar-refractivity contribution is 7.98. The molecule has 194 valence electrons. The number of carbonyl (C=O) groups excluding carboxylic acids is 3. The Morgan fingerprint density at radius 2 is 1.46 bits per heavy atom. The Hall–Kier alpha value is -2.77. The van der Waals surface area contributed by atoms with Crippen LogP contribution in [0.25, 0.3) is 0 Å². The number of rotatable bonds is 16. The van der Waals surface area contributed by atoms with Gasteiger partial charge >= 0.3 is 11.9 Å². The smallest absolute Gasteiger partial charge is 0.326 e. The van der Waals surface area contributed by atoms with Crippen LogP contribution in [0, 0.1) is 0 Å². The fourth-order valence-electron chi connectivity index (χ4n) is 3.00. The van der Waals surface area contributed by atoms with Crippen molar-refractivity contribution < 1.29 is 34.2 Å². The second-order valence-corrected chi connectivity index (χ2v) is 9.07. The number of aliphatic carboxylic acids is 2. The van der Waals surface area contributed by atoms with Crippen molar-refractivity contribution in [2.45, 2.75) is 49.9 Å². The summed E-state index contributed by atoms with van der Waals surface area (Å²) >= 11 is 5.36. The predicted molar refractivity (Wildman–Crippen MR) is 135 cm³/mol. The lowest BCUT2D eigenvalue weighted by Crippen LogP contribution is -2.57. The van der Waals surface area contributed by atoms with E-state index >= 15 is 0 Å². The monoisotopic (exact) mass is 528 g/mol. The van der Waals surface area contributed by atoms with Crippen molar-refractivity contribution in [3.8, 4) is 0 Å². The molecule has 0 fully saturated rings. The Labute approximate surface area is 213 Å². The number of nitrogens with one attached hydrogen (secondary N) is 3. The highest BCUT2D eigenvalue weighted by Crippen LogP contribution is 2.07. The maximum absolute atomic E-state index is 12.9. The second kappa shape index (κ2) is 16.0. The maximum Gasteiger partial charge on any atom is 0.326 e. The van der Waals surface area contributed by atoms with Gasteiger partial charge < -0.3 is 31.9 Å². The van der Waals surface area contributed by atoms with E-state index in [1.54, 1.807) is 36.6 Å². The Morgan fingerprint density at radius 1 is 0.914 bits per heavy atom. The van der Waals surface area contributed by atoms with Gasteiger partial charge in [0.25, 0.3) is 0 Å². The Kier molecular flexibility index (Phi) is 13.8. The summed E-state index contributed by atoms with van der Waals surface area (Å²) in [5.74, 6) is -4.08. The van der Waals surface area contributed by atoms with Gasteiger partial charge in [-0.1, -0.05) is 30.3 Å². The summed E-state index contributed by atoms with van der Waals surface area (Å²) < 4.78 is 0. The van der Waals surface area contributed by atoms with Gasteiger partial charge in [-0.05, 0) is 30.4 Å². The standard InChI is InChI=1S/C22H32N4O7S2/c1-35-10-9-16(21(31)26-17(22(32)33)11-13-5-3-2-4-6-13)25-20(30)15(7-8-18(27)28)24-19(29)14(23)12-34/h2-6,14-17,34H,7-12,23H2,1H3,(H,24,29)(H,25,30)(H,26,31)(H,27,28)(H,32,33). The molecule has 7 N–H and O–H groups in total. The van der Waals surface area contributed by atoms with Crippen molar-refractivity contribution in [2.75, 3.05) is 17.8 Å². The number of carboxylic acid groups (broad SMARTS) is 2. The number of amides is 3. The van der Waals surface area contributed by atoms with Gasteiger partial charge in [0.2, 0.25) is 17.7 Å². The van der Waals surface area contributed by atoms with Crippen LogP contribution in [0.15, 0.2) is 30.3 Å². The van der Waals surface area contributed by atoms with E-state index in [1.165, 1.54) is 11.8 Å². The molecule has 1 aromatic rings. The van der Waals surface area contributed by atoms with Gasteiger partial charge in [-0.25, -0.2) is 4.79 Å². The molecule has 13 heteroatoms.